The second-order valence-electron chi connectivity index (χ2n) is 5.91. The van der Waals surface area contributed by atoms with Gasteiger partial charge in [0.25, 0.3) is 0 Å². The van der Waals surface area contributed by atoms with Crippen LogP contribution in [0.25, 0.3) is 0 Å². The lowest BCUT2D eigenvalue weighted by Crippen LogP contribution is -2.29. The van der Waals surface area contributed by atoms with Gasteiger partial charge in [-0.05, 0) is 43.9 Å². The molecule has 0 radical (unpaired) electrons. The summed E-state index contributed by atoms with van der Waals surface area (Å²) >= 11 is 0. The van der Waals surface area contributed by atoms with E-state index in [1.165, 1.54) is 0 Å². The number of carbonyl (C=O) groups excluding carboxylic acids is 2. The molecule has 1 saturated carbocycles. The van der Waals surface area contributed by atoms with Crippen molar-refractivity contribution in [3.05, 3.63) is 23.8 Å². The highest BCUT2D eigenvalue weighted by Gasteiger charge is 2.26. The monoisotopic (exact) mass is 287 g/mol. The predicted molar refractivity (Wildman–Crippen MR) is 82.4 cm³/mol. The molecule has 0 bridgehead atoms. The van der Waals surface area contributed by atoms with Gasteiger partial charge in [0.15, 0.2) is 0 Å². The van der Waals surface area contributed by atoms with Gasteiger partial charge in [0.1, 0.15) is 0 Å². The third kappa shape index (κ3) is 2.86. The first-order valence-electron chi connectivity index (χ1n) is 7.65. The van der Waals surface area contributed by atoms with Gasteiger partial charge in [-0.1, -0.05) is 6.42 Å². The fourth-order valence-electron chi connectivity index (χ4n) is 2.93. The van der Waals surface area contributed by atoms with E-state index in [-0.39, 0.29) is 11.8 Å². The van der Waals surface area contributed by atoms with Crippen molar-refractivity contribution < 1.29 is 9.59 Å². The third-order valence-electron chi connectivity index (χ3n) is 4.46. The molecule has 2 aliphatic rings. The van der Waals surface area contributed by atoms with Crippen LogP contribution in [0.2, 0.25) is 0 Å². The van der Waals surface area contributed by atoms with Crippen LogP contribution in [0.3, 0.4) is 0 Å². The second-order valence-corrected chi connectivity index (χ2v) is 5.91. The summed E-state index contributed by atoms with van der Waals surface area (Å²) in [7, 11) is 0. The molecule has 0 aromatic heterocycles. The number of hydrogen-bond donors (Lipinski definition) is 2. The van der Waals surface area contributed by atoms with Gasteiger partial charge in [-0.25, -0.2) is 0 Å². The van der Waals surface area contributed by atoms with Crippen molar-refractivity contribution in [3.8, 4) is 0 Å². The molecule has 5 heteroatoms. The summed E-state index contributed by atoms with van der Waals surface area (Å²) in [6.45, 7) is 1.98. The van der Waals surface area contributed by atoms with Gasteiger partial charge >= 0.3 is 0 Å². The molecule has 1 aromatic carbocycles. The summed E-state index contributed by atoms with van der Waals surface area (Å²) in [5.74, 6) is -0.293. The number of benzene rings is 1. The van der Waals surface area contributed by atoms with Gasteiger partial charge in [0, 0.05) is 24.6 Å². The first-order chi connectivity index (χ1) is 10.1. The quantitative estimate of drug-likeness (QED) is 0.890. The highest BCUT2D eigenvalue weighted by molar-refractivity contribution is 6.00. The lowest BCUT2D eigenvalue weighted by Gasteiger charge is -2.27. The average Bonchev–Trinajstić information content (AvgIpc) is 2.90. The Labute approximate surface area is 124 Å². The van der Waals surface area contributed by atoms with Crippen LogP contribution in [0.5, 0.6) is 0 Å². The van der Waals surface area contributed by atoms with Crippen molar-refractivity contribution in [1.29, 1.82) is 0 Å². The molecule has 1 aliphatic heterocycles. The number of nitrogens with zero attached hydrogens (tertiary/aromatic N) is 1. The first-order valence-corrected chi connectivity index (χ1v) is 7.65. The number of rotatable bonds is 4. The first kappa shape index (κ1) is 13.9. The summed E-state index contributed by atoms with van der Waals surface area (Å²) in [4.78, 5) is 25.8. The van der Waals surface area contributed by atoms with E-state index in [1.54, 1.807) is 12.1 Å². The van der Waals surface area contributed by atoms with Gasteiger partial charge in [-0.3, -0.25) is 9.59 Å². The lowest BCUT2D eigenvalue weighted by molar-refractivity contribution is -0.122. The molecule has 21 heavy (non-hydrogen) atoms. The van der Waals surface area contributed by atoms with Gasteiger partial charge in [0.2, 0.25) is 11.8 Å². The van der Waals surface area contributed by atoms with E-state index in [0.717, 1.165) is 50.9 Å². The standard InChI is InChI=1S/C16H21N3O2/c17-15(20)12-6-7-14(19-8-1-2-9-19)13(10-12)18-16(21)11-4-3-5-11/h6-7,10-11H,1-5,8-9H2,(H2,17,20)(H,18,21). The van der Waals surface area contributed by atoms with Gasteiger partial charge < -0.3 is 16.0 Å². The van der Waals surface area contributed by atoms with Crippen LogP contribution in [-0.2, 0) is 4.79 Å². The van der Waals surface area contributed by atoms with E-state index in [2.05, 4.69) is 10.2 Å². The Bertz CT molecular complexity index is 561. The van der Waals surface area contributed by atoms with Crippen LogP contribution in [0.4, 0.5) is 11.4 Å². The topological polar surface area (TPSA) is 75.4 Å². The van der Waals surface area contributed by atoms with Crippen molar-refractivity contribution in [2.75, 3.05) is 23.3 Å². The summed E-state index contributed by atoms with van der Waals surface area (Å²) in [5, 5.41) is 3.00. The normalized spacial score (nSPS) is 18.4. The number of carbonyl (C=O) groups is 2. The molecule has 2 fully saturated rings. The van der Waals surface area contributed by atoms with E-state index in [1.807, 2.05) is 6.07 Å². The van der Waals surface area contributed by atoms with Crippen LogP contribution >= 0.6 is 0 Å². The Hall–Kier alpha value is -2.04. The number of nitrogens with one attached hydrogen (secondary N) is 1. The molecule has 0 unspecified atom stereocenters. The number of amides is 2. The van der Waals surface area contributed by atoms with Crippen LogP contribution in [0.15, 0.2) is 18.2 Å². The van der Waals surface area contributed by atoms with Gasteiger partial charge in [0.05, 0.1) is 11.4 Å². The summed E-state index contributed by atoms with van der Waals surface area (Å²) in [5.41, 5.74) is 7.49. The Balaban J connectivity index is 1.87. The van der Waals surface area contributed by atoms with Crippen LogP contribution in [0.1, 0.15) is 42.5 Å². The number of nitrogens with two attached hydrogens (primary N) is 1. The zero-order valence-corrected chi connectivity index (χ0v) is 12.1. The minimum Gasteiger partial charge on any atom is -0.370 e. The highest BCUT2D eigenvalue weighted by Crippen LogP contribution is 2.33. The van der Waals surface area contributed by atoms with Crippen molar-refractivity contribution in [1.82, 2.24) is 0 Å². The van der Waals surface area contributed by atoms with Gasteiger partial charge in [-0.2, -0.15) is 0 Å². The van der Waals surface area contributed by atoms with Crippen LogP contribution < -0.4 is 16.0 Å². The van der Waals surface area contributed by atoms with Crippen molar-refractivity contribution in [2.24, 2.45) is 11.7 Å². The molecule has 0 atom stereocenters. The molecule has 0 spiro atoms. The zero-order chi connectivity index (χ0) is 14.8. The van der Waals surface area contributed by atoms with Crippen molar-refractivity contribution in [2.45, 2.75) is 32.1 Å². The molecule has 1 heterocycles. The fraction of sp³-hybridized carbons (Fsp3) is 0.500. The number of anilines is 2. The largest absolute Gasteiger partial charge is 0.370 e. The van der Waals surface area contributed by atoms with E-state index in [0.29, 0.717) is 11.3 Å². The molecular formula is C16H21N3O2. The lowest BCUT2D eigenvalue weighted by atomic mass is 9.85. The van der Waals surface area contributed by atoms with Crippen LogP contribution in [0, 0.1) is 5.92 Å². The number of primary amides is 1. The Kier molecular flexibility index (Phi) is 3.82. The molecule has 1 aliphatic carbocycles. The van der Waals surface area contributed by atoms with Crippen LogP contribution in [-0.4, -0.2) is 24.9 Å². The van der Waals surface area contributed by atoms with Crippen molar-refractivity contribution in [3.63, 3.8) is 0 Å². The van der Waals surface area contributed by atoms with Crippen molar-refractivity contribution >= 4 is 23.2 Å². The maximum absolute atomic E-state index is 12.2. The molecule has 1 saturated heterocycles. The van der Waals surface area contributed by atoms with E-state index in [9.17, 15) is 9.59 Å². The molecule has 2 amide bonds. The Morgan fingerprint density at radius 2 is 1.86 bits per heavy atom. The molecule has 5 nitrogen and oxygen atoms in total. The predicted octanol–water partition coefficient (Wildman–Crippen LogP) is 2.12. The molecule has 3 N–H and O–H groups in total. The minimum atomic E-state index is -0.470. The summed E-state index contributed by atoms with van der Waals surface area (Å²) in [6, 6.07) is 5.32. The Morgan fingerprint density at radius 3 is 2.43 bits per heavy atom. The Morgan fingerprint density at radius 1 is 1.14 bits per heavy atom. The average molecular weight is 287 g/mol. The summed E-state index contributed by atoms with van der Waals surface area (Å²) < 4.78 is 0. The molecule has 3 rings (SSSR count). The third-order valence-corrected chi connectivity index (χ3v) is 4.46. The fourth-order valence-corrected chi connectivity index (χ4v) is 2.93. The number of hydrogen-bond acceptors (Lipinski definition) is 3. The van der Waals surface area contributed by atoms with E-state index >= 15 is 0 Å². The zero-order valence-electron chi connectivity index (χ0n) is 12.1. The molecular weight excluding hydrogens is 266 g/mol. The second kappa shape index (κ2) is 5.76. The van der Waals surface area contributed by atoms with E-state index < -0.39 is 5.91 Å². The van der Waals surface area contributed by atoms with E-state index in [4.69, 9.17) is 5.73 Å². The molecule has 112 valence electrons. The summed E-state index contributed by atoms with van der Waals surface area (Å²) in [6.07, 6.45) is 5.36. The SMILES string of the molecule is NC(=O)c1ccc(N2CCCC2)c(NC(=O)C2CCC2)c1. The smallest absolute Gasteiger partial charge is 0.248 e. The highest BCUT2D eigenvalue weighted by atomic mass is 16.2. The van der Waals surface area contributed by atoms with Gasteiger partial charge in [-0.15, -0.1) is 0 Å². The minimum absolute atomic E-state index is 0.0586. The maximum atomic E-state index is 12.2. The molecule has 1 aromatic rings. The maximum Gasteiger partial charge on any atom is 0.248 e.